The van der Waals surface area contributed by atoms with E-state index in [1.165, 1.54) is 10.4 Å². The number of hydrogen-bond acceptors (Lipinski definition) is 5. The molecule has 1 aromatic carbocycles. The highest BCUT2D eigenvalue weighted by Gasteiger charge is 2.13. The Morgan fingerprint density at radius 1 is 1.13 bits per heavy atom. The molecule has 2 aromatic heterocycles. The van der Waals surface area contributed by atoms with E-state index in [-0.39, 0.29) is 0 Å². The SMILES string of the molecule is CCc1nc(Nc2cc(C)ccc2OC)c2cc(CC)sc2n1. The summed E-state index contributed by atoms with van der Waals surface area (Å²) in [4.78, 5) is 11.7. The molecule has 0 aliphatic heterocycles. The van der Waals surface area contributed by atoms with E-state index in [0.29, 0.717) is 0 Å². The highest BCUT2D eigenvalue weighted by molar-refractivity contribution is 7.18. The minimum Gasteiger partial charge on any atom is -0.495 e. The molecular formula is C18H21N3OS. The third-order valence-electron chi connectivity index (χ3n) is 3.76. The van der Waals surface area contributed by atoms with Crippen molar-refractivity contribution in [3.05, 3.63) is 40.5 Å². The zero-order valence-corrected chi connectivity index (χ0v) is 14.8. The van der Waals surface area contributed by atoms with Crippen molar-refractivity contribution in [1.82, 2.24) is 9.97 Å². The van der Waals surface area contributed by atoms with Crippen LogP contribution < -0.4 is 10.1 Å². The normalized spacial score (nSPS) is 11.0. The van der Waals surface area contributed by atoms with Crippen molar-refractivity contribution in [2.75, 3.05) is 12.4 Å². The minimum atomic E-state index is 0.811. The summed E-state index contributed by atoms with van der Waals surface area (Å²) < 4.78 is 5.46. The number of aryl methyl sites for hydroxylation is 3. The fraction of sp³-hybridized carbons (Fsp3) is 0.333. The third-order valence-corrected chi connectivity index (χ3v) is 4.94. The number of fused-ring (bicyclic) bond motifs is 1. The van der Waals surface area contributed by atoms with Crippen molar-refractivity contribution >= 4 is 33.1 Å². The standard InChI is InChI=1S/C18H21N3OS/c1-5-12-10-13-17(20-16(6-2)21-18(13)23-12)19-14-9-11(3)7-8-15(14)22-4/h7-10H,5-6H2,1-4H3,(H,19,20,21). The number of hydrogen-bond donors (Lipinski definition) is 1. The second kappa shape index (κ2) is 6.54. The molecule has 0 bridgehead atoms. The van der Waals surface area contributed by atoms with E-state index in [1.807, 2.05) is 12.1 Å². The summed E-state index contributed by atoms with van der Waals surface area (Å²) in [7, 11) is 1.68. The lowest BCUT2D eigenvalue weighted by molar-refractivity contribution is 0.416. The molecule has 3 rings (SSSR count). The van der Waals surface area contributed by atoms with Crippen LogP contribution in [0.15, 0.2) is 24.3 Å². The van der Waals surface area contributed by atoms with Crippen molar-refractivity contribution < 1.29 is 4.74 Å². The molecule has 5 heteroatoms. The van der Waals surface area contributed by atoms with E-state index in [2.05, 4.69) is 43.2 Å². The number of methoxy groups -OCH3 is 1. The van der Waals surface area contributed by atoms with Gasteiger partial charge in [-0.2, -0.15) is 0 Å². The maximum Gasteiger partial charge on any atom is 0.143 e. The van der Waals surface area contributed by atoms with Crippen LogP contribution in [0.2, 0.25) is 0 Å². The molecule has 0 spiro atoms. The molecule has 0 fully saturated rings. The van der Waals surface area contributed by atoms with Crippen LogP contribution in [0, 0.1) is 6.92 Å². The summed E-state index contributed by atoms with van der Waals surface area (Å²) in [5.41, 5.74) is 2.10. The number of nitrogens with one attached hydrogen (secondary N) is 1. The number of nitrogens with zero attached hydrogens (tertiary/aromatic N) is 2. The number of ether oxygens (including phenoxy) is 1. The first-order chi connectivity index (χ1) is 11.1. The number of benzene rings is 1. The van der Waals surface area contributed by atoms with E-state index in [0.717, 1.165) is 46.1 Å². The average Bonchev–Trinajstić information content (AvgIpc) is 2.98. The van der Waals surface area contributed by atoms with Gasteiger partial charge in [0.25, 0.3) is 0 Å². The monoisotopic (exact) mass is 327 g/mol. The summed E-state index contributed by atoms with van der Waals surface area (Å²) >= 11 is 1.74. The summed E-state index contributed by atoms with van der Waals surface area (Å²) in [5, 5.41) is 4.53. The van der Waals surface area contributed by atoms with Crippen LogP contribution >= 0.6 is 11.3 Å². The fourth-order valence-electron chi connectivity index (χ4n) is 2.49. The number of rotatable bonds is 5. The first kappa shape index (κ1) is 15.7. The topological polar surface area (TPSA) is 47.0 Å². The Bertz CT molecular complexity index is 842. The molecule has 0 saturated carbocycles. The van der Waals surface area contributed by atoms with Crippen LogP contribution in [0.3, 0.4) is 0 Å². The van der Waals surface area contributed by atoms with Gasteiger partial charge in [0.15, 0.2) is 0 Å². The van der Waals surface area contributed by atoms with Gasteiger partial charge in [0.1, 0.15) is 22.2 Å². The number of thiophene rings is 1. The molecule has 0 aliphatic carbocycles. The van der Waals surface area contributed by atoms with Gasteiger partial charge in [-0.05, 0) is 37.1 Å². The second-order valence-electron chi connectivity index (χ2n) is 5.46. The summed E-state index contributed by atoms with van der Waals surface area (Å²) in [5.74, 6) is 2.52. The van der Waals surface area contributed by atoms with Crippen LogP contribution in [0.4, 0.5) is 11.5 Å². The molecular weight excluding hydrogens is 306 g/mol. The smallest absolute Gasteiger partial charge is 0.143 e. The molecule has 0 amide bonds. The third kappa shape index (κ3) is 3.15. The fourth-order valence-corrected chi connectivity index (χ4v) is 3.48. The lowest BCUT2D eigenvalue weighted by Crippen LogP contribution is -2.01. The average molecular weight is 327 g/mol. The van der Waals surface area contributed by atoms with Crippen LogP contribution in [0.25, 0.3) is 10.2 Å². The maximum absolute atomic E-state index is 5.46. The van der Waals surface area contributed by atoms with E-state index in [4.69, 9.17) is 9.72 Å². The van der Waals surface area contributed by atoms with E-state index >= 15 is 0 Å². The van der Waals surface area contributed by atoms with Gasteiger partial charge in [-0.25, -0.2) is 9.97 Å². The van der Waals surface area contributed by atoms with Gasteiger partial charge in [-0.3, -0.25) is 0 Å². The highest BCUT2D eigenvalue weighted by atomic mass is 32.1. The van der Waals surface area contributed by atoms with Crippen molar-refractivity contribution in [1.29, 1.82) is 0 Å². The molecule has 0 radical (unpaired) electrons. The first-order valence-corrected chi connectivity index (χ1v) is 8.67. The van der Waals surface area contributed by atoms with Gasteiger partial charge in [-0.15, -0.1) is 11.3 Å². The zero-order chi connectivity index (χ0) is 16.4. The summed E-state index contributed by atoms with van der Waals surface area (Å²) in [6.45, 7) is 6.31. The maximum atomic E-state index is 5.46. The highest BCUT2D eigenvalue weighted by Crippen LogP contribution is 2.34. The predicted octanol–water partition coefficient (Wildman–Crippen LogP) is 4.88. The largest absolute Gasteiger partial charge is 0.495 e. The van der Waals surface area contributed by atoms with Crippen LogP contribution in [0.5, 0.6) is 5.75 Å². The minimum absolute atomic E-state index is 0.811. The molecule has 23 heavy (non-hydrogen) atoms. The zero-order valence-electron chi connectivity index (χ0n) is 13.9. The van der Waals surface area contributed by atoms with Crippen LogP contribution in [-0.2, 0) is 12.8 Å². The second-order valence-corrected chi connectivity index (χ2v) is 6.57. The predicted molar refractivity (Wildman–Crippen MR) is 97.2 cm³/mol. The Labute approximate surface area is 140 Å². The molecule has 0 aliphatic rings. The molecule has 1 N–H and O–H groups in total. The Hall–Kier alpha value is -2.14. The van der Waals surface area contributed by atoms with Gasteiger partial charge in [-0.1, -0.05) is 19.9 Å². The van der Waals surface area contributed by atoms with Gasteiger partial charge < -0.3 is 10.1 Å². The van der Waals surface area contributed by atoms with E-state index in [9.17, 15) is 0 Å². The van der Waals surface area contributed by atoms with Gasteiger partial charge in [0.05, 0.1) is 18.2 Å². The summed E-state index contributed by atoms with van der Waals surface area (Å²) in [6, 6.07) is 8.27. The quantitative estimate of drug-likeness (QED) is 0.726. The first-order valence-electron chi connectivity index (χ1n) is 7.85. The van der Waals surface area contributed by atoms with E-state index in [1.54, 1.807) is 18.4 Å². The van der Waals surface area contributed by atoms with Gasteiger partial charge in [0, 0.05) is 11.3 Å². The molecule has 120 valence electrons. The van der Waals surface area contributed by atoms with Crippen molar-refractivity contribution in [2.24, 2.45) is 0 Å². The molecule has 0 atom stereocenters. The molecule has 0 unspecified atom stereocenters. The lowest BCUT2D eigenvalue weighted by Gasteiger charge is -2.12. The Kier molecular flexibility index (Phi) is 4.48. The summed E-state index contributed by atoms with van der Waals surface area (Å²) in [6.07, 6.45) is 1.82. The van der Waals surface area contributed by atoms with Crippen molar-refractivity contribution in [3.8, 4) is 5.75 Å². The van der Waals surface area contributed by atoms with Gasteiger partial charge >= 0.3 is 0 Å². The molecule has 4 nitrogen and oxygen atoms in total. The van der Waals surface area contributed by atoms with Gasteiger partial charge in [0.2, 0.25) is 0 Å². The van der Waals surface area contributed by atoms with Crippen molar-refractivity contribution in [2.45, 2.75) is 33.6 Å². The number of anilines is 2. The Morgan fingerprint density at radius 3 is 2.65 bits per heavy atom. The lowest BCUT2D eigenvalue weighted by atomic mass is 10.2. The van der Waals surface area contributed by atoms with Crippen LogP contribution in [0.1, 0.15) is 30.1 Å². The Balaban J connectivity index is 2.11. The number of aromatic nitrogens is 2. The Morgan fingerprint density at radius 2 is 1.96 bits per heavy atom. The van der Waals surface area contributed by atoms with Crippen LogP contribution in [-0.4, -0.2) is 17.1 Å². The molecule has 0 saturated heterocycles. The van der Waals surface area contributed by atoms with E-state index < -0.39 is 0 Å². The molecule has 2 heterocycles. The van der Waals surface area contributed by atoms with Crippen molar-refractivity contribution in [3.63, 3.8) is 0 Å². The molecule has 3 aromatic rings.